The van der Waals surface area contributed by atoms with Gasteiger partial charge in [0.15, 0.2) is 0 Å². The summed E-state index contributed by atoms with van der Waals surface area (Å²) < 4.78 is 0.565. The SMILES string of the molecule is Cc1ccccc1N(C)C(=O)c1cccnc1Br. The summed E-state index contributed by atoms with van der Waals surface area (Å²) in [5, 5.41) is 0. The summed E-state index contributed by atoms with van der Waals surface area (Å²) in [5.74, 6) is -0.0794. The standard InChI is InChI=1S/C14H13BrN2O/c1-10-6-3-4-8-12(10)17(2)14(18)11-7-5-9-16-13(11)15/h3-9H,1-2H3. The third-order valence-corrected chi connectivity index (χ3v) is 3.40. The van der Waals surface area contributed by atoms with Gasteiger partial charge in [0, 0.05) is 18.9 Å². The van der Waals surface area contributed by atoms with Crippen molar-refractivity contribution in [1.29, 1.82) is 0 Å². The highest BCUT2D eigenvalue weighted by Gasteiger charge is 2.17. The van der Waals surface area contributed by atoms with Gasteiger partial charge in [-0.2, -0.15) is 0 Å². The van der Waals surface area contributed by atoms with Gasteiger partial charge in [0.1, 0.15) is 4.60 Å². The number of para-hydroxylation sites is 1. The minimum absolute atomic E-state index is 0.0794. The average Bonchev–Trinajstić information content (AvgIpc) is 2.38. The monoisotopic (exact) mass is 304 g/mol. The van der Waals surface area contributed by atoms with Gasteiger partial charge >= 0.3 is 0 Å². The molecule has 18 heavy (non-hydrogen) atoms. The van der Waals surface area contributed by atoms with E-state index in [0.29, 0.717) is 10.2 Å². The second-order valence-electron chi connectivity index (χ2n) is 3.99. The minimum Gasteiger partial charge on any atom is -0.311 e. The molecule has 0 N–H and O–H groups in total. The van der Waals surface area contributed by atoms with Crippen LogP contribution in [0.4, 0.5) is 5.69 Å². The Kier molecular flexibility index (Phi) is 3.77. The first kappa shape index (κ1) is 12.8. The number of rotatable bonds is 2. The van der Waals surface area contributed by atoms with Crippen molar-refractivity contribution in [1.82, 2.24) is 4.98 Å². The number of aromatic nitrogens is 1. The van der Waals surface area contributed by atoms with Crippen molar-refractivity contribution < 1.29 is 4.79 Å². The smallest absolute Gasteiger partial charge is 0.260 e. The molecule has 1 amide bonds. The quantitative estimate of drug-likeness (QED) is 0.796. The molecule has 0 saturated carbocycles. The summed E-state index contributed by atoms with van der Waals surface area (Å²) in [7, 11) is 1.77. The van der Waals surface area contributed by atoms with Gasteiger partial charge in [-0.25, -0.2) is 4.98 Å². The predicted molar refractivity (Wildman–Crippen MR) is 75.8 cm³/mol. The zero-order valence-corrected chi connectivity index (χ0v) is 11.8. The van der Waals surface area contributed by atoms with Crippen LogP contribution >= 0.6 is 15.9 Å². The number of carbonyl (C=O) groups is 1. The molecule has 2 rings (SSSR count). The van der Waals surface area contributed by atoms with Crippen LogP contribution < -0.4 is 4.90 Å². The van der Waals surface area contributed by atoms with Crippen LogP contribution in [-0.4, -0.2) is 17.9 Å². The Morgan fingerprint density at radius 2 is 1.94 bits per heavy atom. The third kappa shape index (κ3) is 2.43. The van der Waals surface area contributed by atoms with E-state index in [0.717, 1.165) is 11.3 Å². The molecule has 3 nitrogen and oxygen atoms in total. The van der Waals surface area contributed by atoms with Crippen molar-refractivity contribution in [2.45, 2.75) is 6.92 Å². The molecule has 0 unspecified atom stereocenters. The van der Waals surface area contributed by atoms with E-state index >= 15 is 0 Å². The van der Waals surface area contributed by atoms with Crippen LogP contribution in [0.15, 0.2) is 47.2 Å². The first-order chi connectivity index (χ1) is 8.61. The lowest BCUT2D eigenvalue weighted by Gasteiger charge is -2.19. The second-order valence-corrected chi connectivity index (χ2v) is 4.74. The topological polar surface area (TPSA) is 33.2 Å². The number of carbonyl (C=O) groups excluding carboxylic acids is 1. The van der Waals surface area contributed by atoms with Gasteiger partial charge in [0.2, 0.25) is 0 Å². The molecule has 0 aliphatic carbocycles. The number of pyridine rings is 1. The largest absolute Gasteiger partial charge is 0.311 e. The van der Waals surface area contributed by atoms with E-state index in [4.69, 9.17) is 0 Å². The van der Waals surface area contributed by atoms with E-state index < -0.39 is 0 Å². The maximum atomic E-state index is 12.4. The first-order valence-corrected chi connectivity index (χ1v) is 6.35. The van der Waals surface area contributed by atoms with Gasteiger partial charge in [0.25, 0.3) is 5.91 Å². The number of nitrogens with zero attached hydrogens (tertiary/aromatic N) is 2. The van der Waals surface area contributed by atoms with Crippen molar-refractivity contribution in [2.24, 2.45) is 0 Å². The summed E-state index contributed by atoms with van der Waals surface area (Å²) in [6, 6.07) is 11.3. The Morgan fingerprint density at radius 1 is 1.22 bits per heavy atom. The van der Waals surface area contributed by atoms with Crippen molar-refractivity contribution in [3.63, 3.8) is 0 Å². The molecule has 1 heterocycles. The Balaban J connectivity index is 2.36. The molecule has 0 fully saturated rings. The van der Waals surface area contributed by atoms with Crippen LogP contribution in [0.3, 0.4) is 0 Å². The normalized spacial score (nSPS) is 10.2. The van der Waals surface area contributed by atoms with Crippen molar-refractivity contribution in [2.75, 3.05) is 11.9 Å². The maximum Gasteiger partial charge on any atom is 0.260 e. The molecule has 1 aromatic carbocycles. The van der Waals surface area contributed by atoms with E-state index in [1.165, 1.54) is 0 Å². The number of benzene rings is 1. The highest BCUT2D eigenvalue weighted by Crippen LogP contribution is 2.22. The van der Waals surface area contributed by atoms with Crippen LogP contribution in [0.2, 0.25) is 0 Å². The number of aryl methyl sites for hydroxylation is 1. The maximum absolute atomic E-state index is 12.4. The Labute approximate surface area is 115 Å². The van der Waals surface area contributed by atoms with Crippen LogP contribution in [0.1, 0.15) is 15.9 Å². The number of hydrogen-bond donors (Lipinski definition) is 0. The van der Waals surface area contributed by atoms with E-state index in [1.807, 2.05) is 31.2 Å². The molecule has 0 spiro atoms. The number of halogens is 1. The molecular formula is C14H13BrN2O. The Morgan fingerprint density at radius 3 is 2.61 bits per heavy atom. The van der Waals surface area contributed by atoms with E-state index in [9.17, 15) is 4.79 Å². The lowest BCUT2D eigenvalue weighted by molar-refractivity contribution is 0.0991. The van der Waals surface area contributed by atoms with Gasteiger partial charge < -0.3 is 4.90 Å². The van der Waals surface area contributed by atoms with Crippen LogP contribution in [-0.2, 0) is 0 Å². The van der Waals surface area contributed by atoms with E-state index in [2.05, 4.69) is 20.9 Å². The molecule has 92 valence electrons. The molecule has 4 heteroatoms. The molecule has 0 aliphatic rings. The van der Waals surface area contributed by atoms with Gasteiger partial charge in [-0.05, 0) is 46.6 Å². The zero-order chi connectivity index (χ0) is 13.1. The van der Waals surface area contributed by atoms with E-state index in [1.54, 1.807) is 30.3 Å². The van der Waals surface area contributed by atoms with E-state index in [-0.39, 0.29) is 5.91 Å². The lowest BCUT2D eigenvalue weighted by atomic mass is 10.1. The Hall–Kier alpha value is -1.68. The highest BCUT2D eigenvalue weighted by molar-refractivity contribution is 9.10. The van der Waals surface area contributed by atoms with Crippen LogP contribution in [0.25, 0.3) is 0 Å². The number of amides is 1. The van der Waals surface area contributed by atoms with Crippen molar-refractivity contribution in [3.8, 4) is 0 Å². The molecule has 0 radical (unpaired) electrons. The van der Waals surface area contributed by atoms with Gasteiger partial charge in [-0.3, -0.25) is 4.79 Å². The lowest BCUT2D eigenvalue weighted by Crippen LogP contribution is -2.27. The van der Waals surface area contributed by atoms with Gasteiger partial charge in [0.05, 0.1) is 5.56 Å². The fourth-order valence-electron chi connectivity index (χ4n) is 1.78. The Bertz CT molecular complexity index is 584. The number of anilines is 1. The summed E-state index contributed by atoms with van der Waals surface area (Å²) in [6.45, 7) is 1.98. The van der Waals surface area contributed by atoms with Crippen molar-refractivity contribution >= 4 is 27.5 Å². The molecule has 2 aromatic rings. The first-order valence-electron chi connectivity index (χ1n) is 5.55. The molecule has 0 atom stereocenters. The average molecular weight is 305 g/mol. The van der Waals surface area contributed by atoms with Crippen LogP contribution in [0.5, 0.6) is 0 Å². The fraction of sp³-hybridized carbons (Fsp3) is 0.143. The van der Waals surface area contributed by atoms with Gasteiger partial charge in [-0.15, -0.1) is 0 Å². The highest BCUT2D eigenvalue weighted by atomic mass is 79.9. The third-order valence-electron chi connectivity index (χ3n) is 2.77. The van der Waals surface area contributed by atoms with Crippen LogP contribution in [0, 0.1) is 6.92 Å². The molecule has 0 saturated heterocycles. The second kappa shape index (κ2) is 5.31. The summed E-state index contributed by atoms with van der Waals surface area (Å²) in [6.07, 6.45) is 1.65. The summed E-state index contributed by atoms with van der Waals surface area (Å²) in [4.78, 5) is 18.1. The molecular weight excluding hydrogens is 292 g/mol. The molecule has 1 aromatic heterocycles. The number of hydrogen-bond acceptors (Lipinski definition) is 2. The zero-order valence-electron chi connectivity index (χ0n) is 10.2. The minimum atomic E-state index is -0.0794. The molecule has 0 aliphatic heterocycles. The van der Waals surface area contributed by atoms with Crippen molar-refractivity contribution in [3.05, 3.63) is 58.3 Å². The summed E-state index contributed by atoms with van der Waals surface area (Å²) in [5.41, 5.74) is 2.52. The summed E-state index contributed by atoms with van der Waals surface area (Å²) >= 11 is 3.30. The molecule has 0 bridgehead atoms. The predicted octanol–water partition coefficient (Wildman–Crippen LogP) is 3.43. The fourth-order valence-corrected chi connectivity index (χ4v) is 2.20. The van der Waals surface area contributed by atoms with Gasteiger partial charge in [-0.1, -0.05) is 18.2 Å².